The molecule has 0 saturated heterocycles. The van der Waals surface area contributed by atoms with Gasteiger partial charge in [0, 0.05) is 12.3 Å². The van der Waals surface area contributed by atoms with E-state index in [2.05, 4.69) is 5.32 Å². The largest absolute Gasteiger partial charge is 0.401 e. The van der Waals surface area contributed by atoms with E-state index in [1.807, 2.05) is 0 Å². The van der Waals surface area contributed by atoms with E-state index in [4.69, 9.17) is 0 Å². The summed E-state index contributed by atoms with van der Waals surface area (Å²) in [7, 11) is -3.25. The Balaban J connectivity index is 3.93. The van der Waals surface area contributed by atoms with E-state index in [0.29, 0.717) is 0 Å². The molecule has 0 radical (unpaired) electrons. The highest BCUT2D eigenvalue weighted by molar-refractivity contribution is 7.92. The van der Waals surface area contributed by atoms with Gasteiger partial charge in [0.2, 0.25) is 0 Å². The zero-order valence-electron chi connectivity index (χ0n) is 8.06. The molecule has 0 rings (SSSR count). The summed E-state index contributed by atoms with van der Waals surface area (Å²) in [4.78, 5) is 0. The molecule has 3 nitrogen and oxygen atoms in total. The van der Waals surface area contributed by atoms with Gasteiger partial charge in [-0.15, -0.1) is 0 Å². The Labute approximate surface area is 81.6 Å². The van der Waals surface area contributed by atoms with E-state index in [-0.39, 0.29) is 12.3 Å². The molecule has 1 N–H and O–H groups in total. The summed E-state index contributed by atoms with van der Waals surface area (Å²) < 4.78 is 57.3. The SMILES string of the molecule is CCS(=O)(=O)C(C)CNCC(F)(F)F. The Morgan fingerprint density at radius 2 is 1.86 bits per heavy atom. The second-order valence-corrected chi connectivity index (χ2v) is 5.72. The fraction of sp³-hybridized carbons (Fsp3) is 1.00. The van der Waals surface area contributed by atoms with E-state index in [1.165, 1.54) is 13.8 Å². The van der Waals surface area contributed by atoms with E-state index in [1.54, 1.807) is 0 Å². The van der Waals surface area contributed by atoms with Crippen molar-refractivity contribution in [2.24, 2.45) is 0 Å². The van der Waals surface area contributed by atoms with Gasteiger partial charge in [-0.05, 0) is 6.92 Å². The summed E-state index contributed by atoms with van der Waals surface area (Å²) in [6, 6.07) is 0. The fourth-order valence-corrected chi connectivity index (χ4v) is 1.77. The van der Waals surface area contributed by atoms with Gasteiger partial charge in [0.1, 0.15) is 0 Å². The lowest BCUT2D eigenvalue weighted by Gasteiger charge is -2.13. The predicted octanol–water partition coefficient (Wildman–Crippen LogP) is 0.962. The van der Waals surface area contributed by atoms with Crippen molar-refractivity contribution in [2.45, 2.75) is 25.3 Å². The minimum Gasteiger partial charge on any atom is -0.307 e. The Morgan fingerprint density at radius 3 is 2.21 bits per heavy atom. The van der Waals surface area contributed by atoms with Crippen molar-refractivity contribution in [1.82, 2.24) is 5.32 Å². The number of nitrogens with one attached hydrogen (secondary N) is 1. The van der Waals surface area contributed by atoms with Gasteiger partial charge >= 0.3 is 6.18 Å². The minimum atomic E-state index is -4.30. The van der Waals surface area contributed by atoms with Crippen molar-refractivity contribution in [3.63, 3.8) is 0 Å². The van der Waals surface area contributed by atoms with Crippen molar-refractivity contribution in [1.29, 1.82) is 0 Å². The van der Waals surface area contributed by atoms with Gasteiger partial charge < -0.3 is 5.32 Å². The summed E-state index contributed by atoms with van der Waals surface area (Å²) in [6.07, 6.45) is -4.30. The lowest BCUT2D eigenvalue weighted by Crippen LogP contribution is -2.37. The molecular weight excluding hydrogens is 219 g/mol. The van der Waals surface area contributed by atoms with Crippen LogP contribution in [0, 0.1) is 0 Å². The average Bonchev–Trinajstić information content (AvgIpc) is 2.02. The van der Waals surface area contributed by atoms with Crippen LogP contribution in [0.25, 0.3) is 0 Å². The zero-order valence-corrected chi connectivity index (χ0v) is 8.87. The van der Waals surface area contributed by atoms with E-state index in [0.717, 1.165) is 0 Å². The lowest BCUT2D eigenvalue weighted by atomic mass is 10.4. The molecule has 1 atom stereocenters. The van der Waals surface area contributed by atoms with Gasteiger partial charge in [0.15, 0.2) is 9.84 Å². The summed E-state index contributed by atoms with van der Waals surface area (Å²) >= 11 is 0. The first-order valence-electron chi connectivity index (χ1n) is 4.18. The van der Waals surface area contributed by atoms with Crippen LogP contribution in [0.5, 0.6) is 0 Å². The fourth-order valence-electron chi connectivity index (χ4n) is 0.829. The molecule has 1 unspecified atom stereocenters. The molecule has 0 bridgehead atoms. The molecule has 0 spiro atoms. The number of hydrogen-bond donors (Lipinski definition) is 1. The highest BCUT2D eigenvalue weighted by Gasteiger charge is 2.27. The van der Waals surface area contributed by atoms with Crippen LogP contribution < -0.4 is 5.32 Å². The maximum Gasteiger partial charge on any atom is 0.401 e. The van der Waals surface area contributed by atoms with Crippen LogP contribution in [0.4, 0.5) is 13.2 Å². The minimum absolute atomic E-state index is 0.0537. The van der Waals surface area contributed by atoms with Gasteiger partial charge in [0.05, 0.1) is 11.8 Å². The van der Waals surface area contributed by atoms with Crippen molar-refractivity contribution in [3.05, 3.63) is 0 Å². The summed E-state index contributed by atoms with van der Waals surface area (Å²) in [6.45, 7) is 1.53. The number of halogens is 3. The van der Waals surface area contributed by atoms with Crippen LogP contribution in [-0.4, -0.2) is 38.7 Å². The van der Waals surface area contributed by atoms with Crippen molar-refractivity contribution >= 4 is 9.84 Å². The quantitative estimate of drug-likeness (QED) is 0.769. The number of sulfone groups is 1. The Hall–Kier alpha value is -0.300. The van der Waals surface area contributed by atoms with E-state index in [9.17, 15) is 21.6 Å². The molecule has 14 heavy (non-hydrogen) atoms. The number of alkyl halides is 3. The van der Waals surface area contributed by atoms with E-state index >= 15 is 0 Å². The van der Waals surface area contributed by atoms with Gasteiger partial charge in [-0.2, -0.15) is 13.2 Å². The normalized spacial score (nSPS) is 15.5. The number of hydrogen-bond acceptors (Lipinski definition) is 3. The first kappa shape index (κ1) is 13.7. The molecule has 0 fully saturated rings. The highest BCUT2D eigenvalue weighted by atomic mass is 32.2. The van der Waals surface area contributed by atoms with Crippen LogP contribution in [0.15, 0.2) is 0 Å². The molecule has 0 amide bonds. The van der Waals surface area contributed by atoms with Crippen LogP contribution in [0.1, 0.15) is 13.8 Å². The summed E-state index contributed by atoms with van der Waals surface area (Å²) in [5, 5.41) is 1.28. The lowest BCUT2D eigenvalue weighted by molar-refractivity contribution is -0.124. The second-order valence-electron chi connectivity index (χ2n) is 3.01. The molecule has 0 saturated carbocycles. The highest BCUT2D eigenvalue weighted by Crippen LogP contribution is 2.12. The third-order valence-corrected chi connectivity index (χ3v) is 3.97. The van der Waals surface area contributed by atoms with Gasteiger partial charge in [-0.3, -0.25) is 0 Å². The molecule has 0 aromatic heterocycles. The van der Waals surface area contributed by atoms with Crippen molar-refractivity contribution < 1.29 is 21.6 Å². The van der Waals surface area contributed by atoms with Gasteiger partial charge in [-0.1, -0.05) is 6.92 Å². The van der Waals surface area contributed by atoms with Crippen molar-refractivity contribution in [3.8, 4) is 0 Å². The summed E-state index contributed by atoms with van der Waals surface area (Å²) in [5.41, 5.74) is 0. The maximum absolute atomic E-state index is 11.7. The van der Waals surface area contributed by atoms with Crippen LogP contribution in [0.2, 0.25) is 0 Å². The Morgan fingerprint density at radius 1 is 1.36 bits per heavy atom. The molecule has 0 aliphatic rings. The molecule has 0 aromatic carbocycles. The van der Waals surface area contributed by atoms with E-state index < -0.39 is 27.8 Å². The molecule has 0 heterocycles. The predicted molar refractivity (Wildman–Crippen MR) is 47.8 cm³/mol. The standard InChI is InChI=1S/C7H14F3NO2S/c1-3-14(12,13)6(2)4-11-5-7(8,9)10/h6,11H,3-5H2,1-2H3. The zero-order chi connectivity index (χ0) is 11.4. The van der Waals surface area contributed by atoms with Gasteiger partial charge in [-0.25, -0.2) is 8.42 Å². The first-order valence-corrected chi connectivity index (χ1v) is 5.89. The number of rotatable bonds is 5. The molecule has 7 heteroatoms. The second kappa shape index (κ2) is 4.97. The topological polar surface area (TPSA) is 46.2 Å². The summed E-state index contributed by atoms with van der Waals surface area (Å²) in [5.74, 6) is -0.0537. The smallest absolute Gasteiger partial charge is 0.307 e. The Kier molecular flexibility index (Phi) is 4.87. The maximum atomic E-state index is 11.7. The third-order valence-electron chi connectivity index (χ3n) is 1.77. The Bertz CT molecular complexity index is 261. The average molecular weight is 233 g/mol. The first-order chi connectivity index (χ1) is 6.19. The molecule has 0 aliphatic carbocycles. The van der Waals surface area contributed by atoms with Gasteiger partial charge in [0.25, 0.3) is 0 Å². The molecule has 0 aliphatic heterocycles. The third kappa shape index (κ3) is 5.43. The monoisotopic (exact) mass is 233 g/mol. The van der Waals surface area contributed by atoms with Crippen LogP contribution in [-0.2, 0) is 9.84 Å². The van der Waals surface area contributed by atoms with Crippen LogP contribution >= 0.6 is 0 Å². The molecular formula is C7H14F3NO2S. The molecule has 0 aromatic rings. The van der Waals surface area contributed by atoms with Crippen LogP contribution in [0.3, 0.4) is 0 Å². The van der Waals surface area contributed by atoms with Crippen molar-refractivity contribution in [2.75, 3.05) is 18.8 Å². The molecule has 86 valence electrons.